The van der Waals surface area contributed by atoms with Crippen molar-refractivity contribution in [2.75, 3.05) is 77.7 Å². The lowest BCUT2D eigenvalue weighted by molar-refractivity contribution is -0.138. The summed E-state index contributed by atoms with van der Waals surface area (Å²) in [5, 5.41) is 11.6. The molecule has 3 atom stereocenters. The number of thiophene rings is 1. The Hall–Kier alpha value is -5.35. The predicted octanol–water partition coefficient (Wildman–Crippen LogP) is 3.82. The van der Waals surface area contributed by atoms with Crippen LogP contribution in [0.2, 0.25) is 0 Å². The molecule has 6 rings (SSSR count). The number of hydrogen-bond donors (Lipinski definition) is 3. The lowest BCUT2D eigenvalue weighted by Crippen LogP contribution is -2.46. The van der Waals surface area contributed by atoms with E-state index in [4.69, 9.17) is 24.7 Å². The summed E-state index contributed by atoms with van der Waals surface area (Å²) in [6.45, 7) is 5.28. The molecular formula is C40H50FN11O8S2. The summed E-state index contributed by atoms with van der Waals surface area (Å²) >= 11 is 1.57. The van der Waals surface area contributed by atoms with E-state index < -0.39 is 33.1 Å². The third kappa shape index (κ3) is 14.1. The predicted molar refractivity (Wildman–Crippen MR) is 228 cm³/mol. The summed E-state index contributed by atoms with van der Waals surface area (Å²) < 4.78 is 52.0. The third-order valence-corrected chi connectivity index (χ3v) is 12.0. The van der Waals surface area contributed by atoms with E-state index in [1.165, 1.54) is 17.0 Å². The van der Waals surface area contributed by atoms with Crippen molar-refractivity contribution >= 4 is 39.3 Å². The molecule has 0 radical (unpaired) electrons. The van der Waals surface area contributed by atoms with Gasteiger partial charge in [-0.2, -0.15) is 8.42 Å². The Labute approximate surface area is 362 Å². The van der Waals surface area contributed by atoms with Gasteiger partial charge in [-0.1, -0.05) is 23.3 Å². The largest absolute Gasteiger partial charge is 0.377 e. The molecule has 4 aromatic rings. The number of anilines is 1. The van der Waals surface area contributed by atoms with Gasteiger partial charge >= 0.3 is 10.2 Å². The molecule has 0 bridgehead atoms. The van der Waals surface area contributed by atoms with Crippen LogP contribution in [0.1, 0.15) is 48.6 Å². The van der Waals surface area contributed by atoms with Gasteiger partial charge in [0.2, 0.25) is 17.8 Å². The van der Waals surface area contributed by atoms with Crippen LogP contribution in [0, 0.1) is 0 Å². The molecule has 1 aromatic carbocycles. The molecule has 0 saturated carbocycles. The van der Waals surface area contributed by atoms with Gasteiger partial charge in [-0.3, -0.25) is 19.3 Å². The van der Waals surface area contributed by atoms with Crippen molar-refractivity contribution in [1.82, 2.24) is 35.1 Å². The number of ether oxygens (including phenoxy) is 3. The fraction of sp³-hybridized carbons (Fsp3) is 0.500. The summed E-state index contributed by atoms with van der Waals surface area (Å²) in [4.78, 5) is 62.2. The number of carbonyl (C=O) groups excluding carboxylic acids is 2. The van der Waals surface area contributed by atoms with E-state index in [-0.39, 0.29) is 56.3 Å². The van der Waals surface area contributed by atoms with Crippen LogP contribution >= 0.6 is 11.3 Å². The number of azide groups is 1. The summed E-state index contributed by atoms with van der Waals surface area (Å²) in [5.74, 6) is 0.657. The molecule has 5 heterocycles. The highest BCUT2D eigenvalue weighted by atomic mass is 32.3. The van der Waals surface area contributed by atoms with Crippen LogP contribution in [-0.4, -0.2) is 134 Å². The normalized spacial score (nSPS) is 18.0. The first kappa shape index (κ1) is 46.2. The van der Waals surface area contributed by atoms with Gasteiger partial charge in [0, 0.05) is 74.0 Å². The van der Waals surface area contributed by atoms with Crippen molar-refractivity contribution in [3.8, 4) is 10.6 Å². The number of likely N-dealkylation sites (tertiary alicyclic amines) is 2. The third-order valence-electron chi connectivity index (χ3n) is 10.3. The molecule has 0 spiro atoms. The van der Waals surface area contributed by atoms with Gasteiger partial charge in [-0.25, -0.2) is 15.0 Å². The lowest BCUT2D eigenvalue weighted by Gasteiger charge is -2.32. The first-order valence-electron chi connectivity index (χ1n) is 20.4. The SMILES string of the molecule is [N-]=[N+]=N[C@H]1C[C@@H](C(=O)NCCOCCOCCOCCNc2ncc(CN3CCCC(c4nc(-c5cccs5)cc(=O)[nH]4)C3)cn2)N(C(=O)CCc2ccc(S(=O)(=O)F)cc2)C1. The van der Waals surface area contributed by atoms with E-state index in [0.29, 0.717) is 63.3 Å². The molecule has 2 fully saturated rings. The van der Waals surface area contributed by atoms with Gasteiger partial charge in [0.15, 0.2) is 0 Å². The fourth-order valence-corrected chi connectivity index (χ4v) is 8.43. The quantitative estimate of drug-likeness (QED) is 0.0316. The van der Waals surface area contributed by atoms with E-state index in [2.05, 4.69) is 40.5 Å². The zero-order valence-electron chi connectivity index (χ0n) is 34.1. The van der Waals surface area contributed by atoms with Crippen molar-refractivity contribution in [2.24, 2.45) is 5.11 Å². The van der Waals surface area contributed by atoms with Crippen LogP contribution in [0.25, 0.3) is 21.0 Å². The number of H-pyrrole nitrogens is 1. The minimum Gasteiger partial charge on any atom is -0.377 e. The highest BCUT2D eigenvalue weighted by Gasteiger charge is 2.38. The second-order valence-electron chi connectivity index (χ2n) is 14.8. The van der Waals surface area contributed by atoms with Gasteiger partial charge < -0.3 is 34.7 Å². The molecule has 2 saturated heterocycles. The monoisotopic (exact) mass is 895 g/mol. The van der Waals surface area contributed by atoms with E-state index in [9.17, 15) is 26.7 Å². The van der Waals surface area contributed by atoms with Crippen LogP contribution in [-0.2, 0) is 47.0 Å². The smallest absolute Gasteiger partial charge is 0.332 e. The van der Waals surface area contributed by atoms with E-state index >= 15 is 0 Å². The Morgan fingerprint density at radius 3 is 2.42 bits per heavy atom. The Balaban J connectivity index is 0.787. The average molecular weight is 896 g/mol. The van der Waals surface area contributed by atoms with Crippen LogP contribution in [0.3, 0.4) is 0 Å². The number of nitrogens with one attached hydrogen (secondary N) is 3. The van der Waals surface area contributed by atoms with Crippen LogP contribution in [0.15, 0.2) is 75.0 Å². The molecule has 3 N–H and O–H groups in total. The molecule has 2 amide bonds. The van der Waals surface area contributed by atoms with Gasteiger partial charge in [0.1, 0.15) is 11.9 Å². The topological polar surface area (TPSA) is 247 Å². The fourth-order valence-electron chi connectivity index (χ4n) is 7.28. The number of aromatic amines is 1. The van der Waals surface area contributed by atoms with E-state index in [1.54, 1.807) is 17.4 Å². The van der Waals surface area contributed by atoms with Crippen LogP contribution in [0.4, 0.5) is 9.83 Å². The second kappa shape index (κ2) is 23.2. The second-order valence-corrected chi connectivity index (χ2v) is 17.1. The standard InChI is InChI=1S/C40H50FN11O8S2/c41-62(56,57)32-8-5-28(6-9-32)7-10-37(54)52-27-31(49-50-42)21-34(52)39(55)43-11-14-58-16-18-60-19-17-59-15-12-44-40-45-23-29(24-46-40)25-51-13-1-3-30(26-51)38-47-33(22-36(53)48-38)35-4-2-20-61-35/h2,4-6,8-9,20,22-24,30-31,34H,1,3,7,10-19,21,25-27H2,(H,43,55)(H,44,45,46)(H,47,48,53)/t30?,31-,34-/m0/s1. The number of halogens is 1. The summed E-state index contributed by atoms with van der Waals surface area (Å²) in [6.07, 6.45) is 6.04. The number of rotatable bonds is 23. The molecule has 22 heteroatoms. The van der Waals surface area contributed by atoms with Crippen molar-refractivity contribution in [3.63, 3.8) is 0 Å². The number of nitrogens with zero attached hydrogens (tertiary/aromatic N) is 8. The lowest BCUT2D eigenvalue weighted by atomic mass is 9.96. The summed E-state index contributed by atoms with van der Waals surface area (Å²) in [5.41, 5.74) is 11.1. The van der Waals surface area contributed by atoms with Gasteiger partial charge in [0.25, 0.3) is 5.56 Å². The first-order valence-corrected chi connectivity index (χ1v) is 22.6. The maximum absolute atomic E-state index is 13.2. The van der Waals surface area contributed by atoms with Crippen molar-refractivity contribution in [1.29, 1.82) is 0 Å². The van der Waals surface area contributed by atoms with Crippen molar-refractivity contribution < 1.29 is 36.1 Å². The number of carbonyl (C=O) groups is 2. The van der Waals surface area contributed by atoms with E-state index in [0.717, 1.165) is 54.3 Å². The maximum Gasteiger partial charge on any atom is 0.332 e. The number of amides is 2. The summed E-state index contributed by atoms with van der Waals surface area (Å²) in [6, 6.07) is 9.22. The van der Waals surface area contributed by atoms with Gasteiger partial charge in [-0.15, -0.1) is 15.2 Å². The van der Waals surface area contributed by atoms with Gasteiger partial charge in [-0.05, 0) is 66.9 Å². The number of benzene rings is 1. The average Bonchev–Trinajstić information content (AvgIpc) is 3.97. The minimum atomic E-state index is -4.82. The molecule has 19 nitrogen and oxygen atoms in total. The van der Waals surface area contributed by atoms with Crippen LogP contribution in [0.5, 0.6) is 0 Å². The first-order chi connectivity index (χ1) is 30.1. The van der Waals surface area contributed by atoms with Crippen molar-refractivity contribution in [2.45, 2.75) is 61.5 Å². The highest BCUT2D eigenvalue weighted by molar-refractivity contribution is 7.86. The molecular weight excluding hydrogens is 846 g/mol. The molecule has 332 valence electrons. The highest BCUT2D eigenvalue weighted by Crippen LogP contribution is 2.28. The van der Waals surface area contributed by atoms with Crippen LogP contribution < -0.4 is 16.2 Å². The Bertz CT molecular complexity index is 2280. The number of aryl methyl sites for hydroxylation is 1. The zero-order valence-corrected chi connectivity index (χ0v) is 35.7. The maximum atomic E-state index is 13.2. The Morgan fingerprint density at radius 2 is 1.73 bits per heavy atom. The molecule has 2 aliphatic rings. The van der Waals surface area contributed by atoms with E-state index in [1.807, 2.05) is 29.9 Å². The van der Waals surface area contributed by atoms with Gasteiger partial charge in [0.05, 0.1) is 61.1 Å². The summed E-state index contributed by atoms with van der Waals surface area (Å²) in [7, 11) is -4.82. The number of aromatic nitrogens is 4. The minimum absolute atomic E-state index is 0.0175. The Kier molecular flexibility index (Phi) is 17.3. The molecule has 0 aliphatic carbocycles. The molecule has 2 aliphatic heterocycles. The molecule has 62 heavy (non-hydrogen) atoms. The van der Waals surface area contributed by atoms with Crippen molar-refractivity contribution in [3.05, 3.63) is 98.0 Å². The number of piperidine rings is 1. The zero-order chi connectivity index (χ0) is 43.7. The molecule has 3 aromatic heterocycles. The molecule has 1 unspecified atom stereocenters. The number of hydrogen-bond acceptors (Lipinski definition) is 15. The Morgan fingerprint density at radius 1 is 1.00 bits per heavy atom.